The Balaban J connectivity index is 1.56. The molecular formula is C21H29NO5. The number of fused-ring (bicyclic) bond motifs is 1. The fourth-order valence-electron chi connectivity index (χ4n) is 4.03. The molecule has 0 saturated heterocycles. The molecule has 2 N–H and O–H groups in total. The van der Waals surface area contributed by atoms with Crippen LogP contribution in [0.1, 0.15) is 56.9 Å². The number of carboxylic acids is 1. The maximum atomic E-state index is 12.5. The zero-order valence-corrected chi connectivity index (χ0v) is 15.7. The van der Waals surface area contributed by atoms with Gasteiger partial charge in [-0.25, -0.2) is 0 Å². The average Bonchev–Trinajstić information content (AvgIpc) is 2.67. The van der Waals surface area contributed by atoms with Crippen LogP contribution in [0, 0.1) is 5.92 Å². The van der Waals surface area contributed by atoms with Crippen molar-refractivity contribution < 1.29 is 24.2 Å². The third-order valence-corrected chi connectivity index (χ3v) is 5.39. The first-order valence-electron chi connectivity index (χ1n) is 10.00. The highest BCUT2D eigenvalue weighted by atomic mass is 16.6. The lowest BCUT2D eigenvalue weighted by Crippen LogP contribution is -2.38. The number of nitrogens with one attached hydrogen (secondary N) is 1. The average molecular weight is 375 g/mol. The Labute approximate surface area is 160 Å². The van der Waals surface area contributed by atoms with Crippen LogP contribution in [0.4, 0.5) is 0 Å². The Morgan fingerprint density at radius 1 is 1.11 bits per heavy atom. The van der Waals surface area contributed by atoms with Crippen LogP contribution in [-0.2, 0) is 16.0 Å². The second kappa shape index (κ2) is 9.62. The maximum Gasteiger partial charge on any atom is 0.303 e. The molecule has 2 aliphatic rings. The number of hydrogen-bond donors (Lipinski definition) is 2. The van der Waals surface area contributed by atoms with Gasteiger partial charge in [0, 0.05) is 12.5 Å². The zero-order valence-electron chi connectivity index (χ0n) is 15.7. The molecule has 1 aliphatic heterocycles. The van der Waals surface area contributed by atoms with E-state index in [-0.39, 0.29) is 24.8 Å². The number of carbonyl (C=O) groups is 2. The minimum absolute atomic E-state index is 0.0714. The summed E-state index contributed by atoms with van der Waals surface area (Å²) in [5.74, 6) is 1.09. The van der Waals surface area contributed by atoms with E-state index in [2.05, 4.69) is 5.32 Å². The van der Waals surface area contributed by atoms with Crippen molar-refractivity contribution in [1.82, 2.24) is 5.32 Å². The number of rotatable bonds is 8. The molecule has 1 fully saturated rings. The minimum atomic E-state index is -0.815. The van der Waals surface area contributed by atoms with Crippen LogP contribution in [0.3, 0.4) is 0 Å². The molecule has 1 unspecified atom stereocenters. The molecule has 1 amide bonds. The smallest absolute Gasteiger partial charge is 0.303 e. The Morgan fingerprint density at radius 3 is 2.59 bits per heavy atom. The van der Waals surface area contributed by atoms with Crippen LogP contribution in [0.25, 0.3) is 0 Å². The zero-order chi connectivity index (χ0) is 19.1. The van der Waals surface area contributed by atoms with Crippen LogP contribution >= 0.6 is 0 Å². The van der Waals surface area contributed by atoms with Crippen molar-refractivity contribution in [3.05, 3.63) is 23.8 Å². The Morgan fingerprint density at radius 2 is 1.85 bits per heavy atom. The van der Waals surface area contributed by atoms with Gasteiger partial charge in [0.25, 0.3) is 0 Å². The van der Waals surface area contributed by atoms with Gasteiger partial charge in [0.1, 0.15) is 13.2 Å². The molecule has 0 aromatic heterocycles. The van der Waals surface area contributed by atoms with Crippen LogP contribution < -0.4 is 14.8 Å². The lowest BCUT2D eigenvalue weighted by atomic mass is 9.84. The van der Waals surface area contributed by atoms with E-state index in [0.717, 1.165) is 12.0 Å². The molecule has 3 rings (SSSR count). The van der Waals surface area contributed by atoms with E-state index in [9.17, 15) is 9.59 Å². The van der Waals surface area contributed by atoms with E-state index in [1.807, 2.05) is 18.2 Å². The summed E-state index contributed by atoms with van der Waals surface area (Å²) in [6.07, 6.45) is 7.82. The molecule has 1 heterocycles. The molecule has 1 saturated carbocycles. The van der Waals surface area contributed by atoms with E-state index >= 15 is 0 Å². The van der Waals surface area contributed by atoms with Gasteiger partial charge in [0.2, 0.25) is 5.91 Å². The van der Waals surface area contributed by atoms with Gasteiger partial charge in [-0.2, -0.15) is 0 Å². The fourth-order valence-corrected chi connectivity index (χ4v) is 4.03. The third-order valence-electron chi connectivity index (χ3n) is 5.39. The van der Waals surface area contributed by atoms with Crippen molar-refractivity contribution in [3.8, 4) is 11.5 Å². The van der Waals surface area contributed by atoms with Crippen molar-refractivity contribution >= 4 is 11.9 Å². The van der Waals surface area contributed by atoms with Gasteiger partial charge >= 0.3 is 5.97 Å². The van der Waals surface area contributed by atoms with Crippen LogP contribution in [0.2, 0.25) is 0 Å². The van der Waals surface area contributed by atoms with Gasteiger partial charge < -0.3 is 19.9 Å². The predicted octanol–water partition coefficient (Wildman–Crippen LogP) is 3.32. The third kappa shape index (κ3) is 6.15. The number of hydrogen-bond acceptors (Lipinski definition) is 4. The quantitative estimate of drug-likeness (QED) is 0.728. The standard InChI is InChI=1S/C21H29NO5/c23-20(14-16-6-8-18-19(13-16)27-11-10-26-18)22-17(7-9-21(24)25)12-15-4-2-1-3-5-15/h6,8,13,15,17H,1-5,7,9-12,14H2,(H,22,23)(H,24,25). The van der Waals surface area contributed by atoms with Gasteiger partial charge in [-0.3, -0.25) is 9.59 Å². The Bertz CT molecular complexity index is 654. The summed E-state index contributed by atoms with van der Waals surface area (Å²) in [4.78, 5) is 23.5. The van der Waals surface area contributed by atoms with Crippen molar-refractivity contribution in [2.45, 2.75) is 63.8 Å². The molecular weight excluding hydrogens is 346 g/mol. The van der Waals surface area contributed by atoms with Gasteiger partial charge in [0.15, 0.2) is 11.5 Å². The second-order valence-corrected chi connectivity index (χ2v) is 7.59. The van der Waals surface area contributed by atoms with Gasteiger partial charge in [-0.1, -0.05) is 38.2 Å². The molecule has 0 radical (unpaired) electrons. The molecule has 148 valence electrons. The summed E-state index contributed by atoms with van der Waals surface area (Å²) in [6.45, 7) is 1.06. The van der Waals surface area contributed by atoms with E-state index in [1.165, 1.54) is 32.1 Å². The van der Waals surface area contributed by atoms with Crippen LogP contribution in [-0.4, -0.2) is 36.2 Å². The summed E-state index contributed by atoms with van der Waals surface area (Å²) in [5.41, 5.74) is 0.867. The van der Waals surface area contributed by atoms with Crippen molar-refractivity contribution in [3.63, 3.8) is 0 Å². The molecule has 1 atom stereocenters. The number of benzene rings is 1. The second-order valence-electron chi connectivity index (χ2n) is 7.59. The largest absolute Gasteiger partial charge is 0.486 e. The number of ether oxygens (including phenoxy) is 2. The van der Waals surface area contributed by atoms with Crippen molar-refractivity contribution in [2.75, 3.05) is 13.2 Å². The number of carboxylic acid groups (broad SMARTS) is 1. The highest BCUT2D eigenvalue weighted by molar-refractivity contribution is 5.79. The number of aliphatic carboxylic acids is 1. The van der Waals surface area contributed by atoms with E-state index in [0.29, 0.717) is 37.1 Å². The minimum Gasteiger partial charge on any atom is -0.486 e. The summed E-state index contributed by atoms with van der Waals surface area (Å²) in [5, 5.41) is 12.1. The molecule has 1 aromatic carbocycles. The lowest BCUT2D eigenvalue weighted by Gasteiger charge is -2.27. The monoisotopic (exact) mass is 375 g/mol. The first-order valence-corrected chi connectivity index (χ1v) is 10.00. The molecule has 27 heavy (non-hydrogen) atoms. The first-order chi connectivity index (χ1) is 13.1. The van der Waals surface area contributed by atoms with E-state index in [4.69, 9.17) is 14.6 Å². The molecule has 1 aromatic rings. The maximum absolute atomic E-state index is 12.5. The highest BCUT2D eigenvalue weighted by Gasteiger charge is 2.21. The predicted molar refractivity (Wildman–Crippen MR) is 101 cm³/mol. The molecule has 0 spiro atoms. The number of carbonyl (C=O) groups excluding carboxylic acids is 1. The summed E-state index contributed by atoms with van der Waals surface area (Å²) in [6, 6.07) is 5.48. The SMILES string of the molecule is O=C(O)CCC(CC1CCCCC1)NC(=O)Cc1ccc2c(c1)OCCO2. The lowest BCUT2D eigenvalue weighted by molar-refractivity contribution is -0.137. The van der Waals surface area contributed by atoms with E-state index < -0.39 is 5.97 Å². The highest BCUT2D eigenvalue weighted by Crippen LogP contribution is 2.31. The summed E-state index contributed by atoms with van der Waals surface area (Å²) >= 11 is 0. The Kier molecular flexibility index (Phi) is 6.96. The Hall–Kier alpha value is -2.24. The summed E-state index contributed by atoms with van der Waals surface area (Å²) in [7, 11) is 0. The molecule has 1 aliphatic carbocycles. The fraction of sp³-hybridized carbons (Fsp3) is 0.619. The van der Waals surface area contributed by atoms with Gasteiger partial charge in [-0.15, -0.1) is 0 Å². The van der Waals surface area contributed by atoms with Crippen LogP contribution in [0.5, 0.6) is 11.5 Å². The van der Waals surface area contributed by atoms with Crippen LogP contribution in [0.15, 0.2) is 18.2 Å². The van der Waals surface area contributed by atoms with Crippen molar-refractivity contribution in [1.29, 1.82) is 0 Å². The summed E-state index contributed by atoms with van der Waals surface area (Å²) < 4.78 is 11.1. The van der Waals surface area contributed by atoms with Gasteiger partial charge in [0.05, 0.1) is 6.42 Å². The van der Waals surface area contributed by atoms with Gasteiger partial charge in [-0.05, 0) is 36.5 Å². The topological polar surface area (TPSA) is 84.9 Å². The number of amides is 1. The molecule has 0 bridgehead atoms. The molecule has 6 nitrogen and oxygen atoms in total. The normalized spacial score (nSPS) is 17.9. The van der Waals surface area contributed by atoms with Crippen molar-refractivity contribution in [2.24, 2.45) is 5.92 Å². The first kappa shape index (κ1) is 19.5. The van der Waals surface area contributed by atoms with E-state index in [1.54, 1.807) is 0 Å². The molecule has 6 heteroatoms.